The zero-order chi connectivity index (χ0) is 19.1. The largest absolute Gasteiger partial charge is 0.490 e. The fourth-order valence-corrected chi connectivity index (χ4v) is 5.16. The fraction of sp³-hybridized carbons (Fsp3) is 0.556. The zero-order valence-corrected chi connectivity index (χ0v) is 16.0. The Morgan fingerprint density at radius 3 is 2.59 bits per heavy atom. The van der Waals surface area contributed by atoms with Gasteiger partial charge in [-0.1, -0.05) is 5.16 Å². The van der Waals surface area contributed by atoms with Gasteiger partial charge in [0.05, 0.1) is 17.5 Å². The van der Waals surface area contributed by atoms with Crippen molar-refractivity contribution in [2.24, 2.45) is 0 Å². The SMILES string of the molecule is Cc1noc(C2(O)CCN(S(=O)(=O)c3ccc(OC4CCCC4)cc3)C2)n1. The number of ether oxygens (including phenoxy) is 1. The van der Waals surface area contributed by atoms with Crippen LogP contribution in [0.3, 0.4) is 0 Å². The van der Waals surface area contributed by atoms with Gasteiger partial charge in [0.25, 0.3) is 5.89 Å². The summed E-state index contributed by atoms with van der Waals surface area (Å²) in [5.41, 5.74) is -1.46. The zero-order valence-electron chi connectivity index (χ0n) is 15.2. The lowest BCUT2D eigenvalue weighted by Gasteiger charge is -2.20. The minimum atomic E-state index is -3.73. The summed E-state index contributed by atoms with van der Waals surface area (Å²) in [5, 5.41) is 14.4. The molecule has 2 fully saturated rings. The molecular formula is C18H23N3O5S. The summed E-state index contributed by atoms with van der Waals surface area (Å²) in [6.07, 6.45) is 4.86. The molecule has 0 amide bonds. The predicted molar refractivity (Wildman–Crippen MR) is 95.6 cm³/mol. The Morgan fingerprint density at radius 2 is 1.96 bits per heavy atom. The highest BCUT2D eigenvalue weighted by Crippen LogP contribution is 2.34. The Morgan fingerprint density at radius 1 is 1.26 bits per heavy atom. The number of rotatable bonds is 5. The van der Waals surface area contributed by atoms with E-state index in [-0.39, 0.29) is 36.4 Å². The average Bonchev–Trinajstić information content (AvgIpc) is 3.38. The third-order valence-corrected chi connectivity index (χ3v) is 7.06. The molecule has 1 unspecified atom stereocenters. The quantitative estimate of drug-likeness (QED) is 0.828. The van der Waals surface area contributed by atoms with Crippen LogP contribution in [-0.4, -0.2) is 47.2 Å². The predicted octanol–water partition coefficient (Wildman–Crippen LogP) is 1.98. The molecule has 1 aliphatic carbocycles. The summed E-state index contributed by atoms with van der Waals surface area (Å²) in [7, 11) is -3.73. The van der Waals surface area contributed by atoms with Gasteiger partial charge in [0, 0.05) is 13.0 Å². The second-order valence-corrected chi connectivity index (χ2v) is 9.20. The van der Waals surface area contributed by atoms with Crippen LogP contribution in [0.25, 0.3) is 0 Å². The molecule has 0 bridgehead atoms. The van der Waals surface area contributed by atoms with E-state index in [1.54, 1.807) is 31.2 Å². The maximum Gasteiger partial charge on any atom is 0.260 e. The first kappa shape index (κ1) is 18.4. The van der Waals surface area contributed by atoms with Crippen LogP contribution in [0.2, 0.25) is 0 Å². The van der Waals surface area contributed by atoms with Crippen molar-refractivity contribution in [1.82, 2.24) is 14.4 Å². The first-order valence-corrected chi connectivity index (χ1v) is 10.6. The van der Waals surface area contributed by atoms with Crippen molar-refractivity contribution in [3.63, 3.8) is 0 Å². The normalized spacial score (nSPS) is 24.5. The van der Waals surface area contributed by atoms with Crippen molar-refractivity contribution in [1.29, 1.82) is 0 Å². The third-order valence-electron chi connectivity index (χ3n) is 5.20. The van der Waals surface area contributed by atoms with Gasteiger partial charge in [0.15, 0.2) is 11.4 Å². The molecule has 146 valence electrons. The molecule has 9 heteroatoms. The van der Waals surface area contributed by atoms with Crippen molar-refractivity contribution >= 4 is 10.0 Å². The molecule has 1 aliphatic heterocycles. The summed E-state index contributed by atoms with van der Waals surface area (Å²) in [5.74, 6) is 1.13. The fourth-order valence-electron chi connectivity index (χ4n) is 3.66. The van der Waals surface area contributed by atoms with E-state index in [0.717, 1.165) is 12.8 Å². The molecule has 27 heavy (non-hydrogen) atoms. The molecule has 4 rings (SSSR count). The highest BCUT2D eigenvalue weighted by Gasteiger charge is 2.46. The van der Waals surface area contributed by atoms with Gasteiger partial charge in [0.2, 0.25) is 10.0 Å². The Balaban J connectivity index is 1.48. The summed E-state index contributed by atoms with van der Waals surface area (Å²) in [6, 6.07) is 6.48. The number of hydrogen-bond acceptors (Lipinski definition) is 7. The Hall–Kier alpha value is -1.97. The third kappa shape index (κ3) is 3.59. The van der Waals surface area contributed by atoms with Crippen molar-refractivity contribution in [2.45, 2.75) is 55.6 Å². The van der Waals surface area contributed by atoms with Gasteiger partial charge in [-0.3, -0.25) is 0 Å². The van der Waals surface area contributed by atoms with Gasteiger partial charge in [-0.05, 0) is 56.9 Å². The Kier molecular flexibility index (Phi) is 4.69. The molecule has 1 saturated heterocycles. The first-order chi connectivity index (χ1) is 12.9. The maximum absolute atomic E-state index is 12.9. The molecule has 2 aliphatic rings. The minimum absolute atomic E-state index is 0.0537. The first-order valence-electron chi connectivity index (χ1n) is 9.17. The van der Waals surface area contributed by atoms with Gasteiger partial charge >= 0.3 is 0 Å². The lowest BCUT2D eigenvalue weighted by Crippen LogP contribution is -2.34. The van der Waals surface area contributed by atoms with Crippen LogP contribution >= 0.6 is 0 Å². The van der Waals surface area contributed by atoms with Gasteiger partial charge < -0.3 is 14.4 Å². The standard InChI is InChI=1S/C18H23N3O5S/c1-13-19-17(26-20-13)18(22)10-11-21(12-18)27(23,24)16-8-6-15(7-9-16)25-14-4-2-3-5-14/h6-9,14,22H,2-5,10-12H2,1H3. The van der Waals surface area contributed by atoms with Crippen LogP contribution < -0.4 is 4.74 Å². The molecule has 1 saturated carbocycles. The number of β-amino-alcohol motifs (C(OH)–C–C–N with tert-alkyl or cyclic N) is 1. The van der Waals surface area contributed by atoms with Crippen LogP contribution in [0.4, 0.5) is 0 Å². The van der Waals surface area contributed by atoms with Gasteiger partial charge in [-0.15, -0.1) is 0 Å². The van der Waals surface area contributed by atoms with E-state index in [1.807, 2.05) is 0 Å². The van der Waals surface area contributed by atoms with Gasteiger partial charge in [-0.25, -0.2) is 8.42 Å². The van der Waals surface area contributed by atoms with E-state index in [4.69, 9.17) is 9.26 Å². The molecule has 0 radical (unpaired) electrons. The molecular weight excluding hydrogens is 370 g/mol. The van der Waals surface area contributed by atoms with Crippen molar-refractivity contribution in [3.05, 3.63) is 36.0 Å². The Labute approximate surface area is 158 Å². The van der Waals surface area contributed by atoms with Crippen molar-refractivity contribution < 1.29 is 22.8 Å². The topological polar surface area (TPSA) is 106 Å². The molecule has 1 aromatic carbocycles. The number of aliphatic hydroxyl groups is 1. The molecule has 0 spiro atoms. The monoisotopic (exact) mass is 393 g/mol. The van der Waals surface area contributed by atoms with Crippen molar-refractivity contribution in [2.75, 3.05) is 13.1 Å². The molecule has 2 aromatic rings. The summed E-state index contributed by atoms with van der Waals surface area (Å²) in [6.45, 7) is 1.72. The molecule has 1 atom stereocenters. The lowest BCUT2D eigenvalue weighted by atomic mass is 10.0. The second-order valence-electron chi connectivity index (χ2n) is 7.26. The molecule has 8 nitrogen and oxygen atoms in total. The maximum atomic E-state index is 12.9. The van der Waals surface area contributed by atoms with E-state index in [9.17, 15) is 13.5 Å². The molecule has 1 N–H and O–H groups in total. The van der Waals surface area contributed by atoms with Gasteiger partial charge in [-0.2, -0.15) is 9.29 Å². The number of aryl methyl sites for hydroxylation is 1. The number of sulfonamides is 1. The molecule has 1 aromatic heterocycles. The van der Waals surface area contributed by atoms with Crippen LogP contribution in [0.5, 0.6) is 5.75 Å². The van der Waals surface area contributed by atoms with Crippen LogP contribution in [0.15, 0.2) is 33.7 Å². The number of hydrogen-bond donors (Lipinski definition) is 1. The van der Waals surface area contributed by atoms with E-state index < -0.39 is 15.6 Å². The van der Waals surface area contributed by atoms with Gasteiger partial charge in [0.1, 0.15) is 5.75 Å². The number of benzene rings is 1. The van der Waals surface area contributed by atoms with E-state index >= 15 is 0 Å². The summed E-state index contributed by atoms with van der Waals surface area (Å²) in [4.78, 5) is 4.22. The average molecular weight is 393 g/mol. The second kappa shape index (κ2) is 6.88. The Bertz CT molecular complexity index is 905. The number of aromatic nitrogens is 2. The van der Waals surface area contributed by atoms with Crippen molar-refractivity contribution in [3.8, 4) is 5.75 Å². The van der Waals surface area contributed by atoms with E-state index in [2.05, 4.69) is 10.1 Å². The summed E-state index contributed by atoms with van der Waals surface area (Å²) < 4.78 is 38.0. The van der Waals surface area contributed by atoms with Crippen LogP contribution in [0, 0.1) is 6.92 Å². The smallest absolute Gasteiger partial charge is 0.260 e. The van der Waals surface area contributed by atoms with E-state index in [0.29, 0.717) is 11.6 Å². The molecule has 2 heterocycles. The number of nitrogens with zero attached hydrogens (tertiary/aromatic N) is 3. The van der Waals surface area contributed by atoms with E-state index in [1.165, 1.54) is 17.1 Å². The van der Waals surface area contributed by atoms with Crippen LogP contribution in [-0.2, 0) is 15.6 Å². The summed E-state index contributed by atoms with van der Waals surface area (Å²) >= 11 is 0. The highest BCUT2D eigenvalue weighted by atomic mass is 32.2. The lowest BCUT2D eigenvalue weighted by molar-refractivity contribution is 0.0194. The highest BCUT2D eigenvalue weighted by molar-refractivity contribution is 7.89. The minimum Gasteiger partial charge on any atom is -0.490 e. The van der Waals surface area contributed by atoms with Crippen LogP contribution in [0.1, 0.15) is 43.8 Å².